The standard InChI is InChI=1S/C16H18N4O4/c1-11-9-13(19-24-11)18-14(21)10-23-16(22)12-5-4-6-17-15(12)20-7-2-3-8-20/h4-6,9H,2-3,7-8,10H2,1H3,(H,18,19,21). The molecule has 0 aliphatic carbocycles. The number of anilines is 2. The van der Waals surface area contributed by atoms with E-state index in [1.807, 2.05) is 0 Å². The fourth-order valence-corrected chi connectivity index (χ4v) is 2.55. The highest BCUT2D eigenvalue weighted by Crippen LogP contribution is 2.22. The average molecular weight is 330 g/mol. The van der Waals surface area contributed by atoms with Crippen molar-refractivity contribution < 1.29 is 18.8 Å². The van der Waals surface area contributed by atoms with E-state index >= 15 is 0 Å². The van der Waals surface area contributed by atoms with Gasteiger partial charge in [0.1, 0.15) is 17.1 Å². The molecule has 1 saturated heterocycles. The lowest BCUT2D eigenvalue weighted by atomic mass is 10.2. The molecule has 8 heteroatoms. The predicted molar refractivity (Wildman–Crippen MR) is 85.8 cm³/mol. The summed E-state index contributed by atoms with van der Waals surface area (Å²) >= 11 is 0. The van der Waals surface area contributed by atoms with E-state index in [1.54, 1.807) is 31.3 Å². The number of aromatic nitrogens is 2. The number of hydrogen-bond donors (Lipinski definition) is 1. The lowest BCUT2D eigenvalue weighted by Crippen LogP contribution is -2.25. The normalized spacial score (nSPS) is 13.8. The fraction of sp³-hybridized carbons (Fsp3) is 0.375. The van der Waals surface area contributed by atoms with Crippen LogP contribution in [0.15, 0.2) is 28.9 Å². The summed E-state index contributed by atoms with van der Waals surface area (Å²) < 4.78 is 9.94. The summed E-state index contributed by atoms with van der Waals surface area (Å²) in [6.07, 6.45) is 3.79. The lowest BCUT2D eigenvalue weighted by Gasteiger charge is -2.18. The van der Waals surface area contributed by atoms with Crippen LogP contribution < -0.4 is 10.2 Å². The molecule has 0 atom stereocenters. The Morgan fingerprint density at radius 2 is 2.17 bits per heavy atom. The number of hydrogen-bond acceptors (Lipinski definition) is 7. The molecule has 3 heterocycles. The molecule has 0 radical (unpaired) electrons. The third-order valence-corrected chi connectivity index (χ3v) is 3.64. The first-order valence-corrected chi connectivity index (χ1v) is 7.74. The zero-order chi connectivity index (χ0) is 16.9. The van der Waals surface area contributed by atoms with E-state index in [1.165, 1.54) is 0 Å². The molecule has 1 aliphatic heterocycles. The number of carbonyl (C=O) groups is 2. The van der Waals surface area contributed by atoms with Crippen LogP contribution in [0, 0.1) is 6.92 Å². The number of carbonyl (C=O) groups excluding carboxylic acids is 2. The summed E-state index contributed by atoms with van der Waals surface area (Å²) in [6, 6.07) is 4.91. The molecule has 0 aromatic carbocycles. The van der Waals surface area contributed by atoms with E-state index in [-0.39, 0.29) is 5.82 Å². The van der Waals surface area contributed by atoms with Gasteiger partial charge in [-0.15, -0.1) is 0 Å². The predicted octanol–water partition coefficient (Wildman–Crippen LogP) is 1.77. The molecule has 1 amide bonds. The van der Waals surface area contributed by atoms with Crippen molar-refractivity contribution in [3.63, 3.8) is 0 Å². The van der Waals surface area contributed by atoms with Crippen LogP contribution in [0.4, 0.5) is 11.6 Å². The van der Waals surface area contributed by atoms with E-state index in [0.29, 0.717) is 17.1 Å². The third-order valence-electron chi connectivity index (χ3n) is 3.64. The second-order valence-electron chi connectivity index (χ2n) is 5.52. The zero-order valence-electron chi connectivity index (χ0n) is 13.3. The minimum atomic E-state index is -0.573. The fourth-order valence-electron chi connectivity index (χ4n) is 2.55. The quantitative estimate of drug-likeness (QED) is 0.834. The zero-order valence-corrected chi connectivity index (χ0v) is 13.3. The minimum Gasteiger partial charge on any atom is -0.452 e. The molecular weight excluding hydrogens is 312 g/mol. The van der Waals surface area contributed by atoms with Crippen molar-refractivity contribution in [3.8, 4) is 0 Å². The molecule has 24 heavy (non-hydrogen) atoms. The number of aryl methyl sites for hydroxylation is 1. The number of amides is 1. The highest BCUT2D eigenvalue weighted by atomic mass is 16.5. The van der Waals surface area contributed by atoms with Gasteiger partial charge in [0.05, 0.1) is 0 Å². The Kier molecular flexibility index (Phi) is 4.74. The molecule has 0 bridgehead atoms. The van der Waals surface area contributed by atoms with Crippen molar-refractivity contribution in [3.05, 3.63) is 35.7 Å². The maximum Gasteiger partial charge on any atom is 0.342 e. The van der Waals surface area contributed by atoms with Gasteiger partial charge in [-0.3, -0.25) is 4.79 Å². The summed E-state index contributed by atoms with van der Waals surface area (Å²) in [4.78, 5) is 30.4. The Bertz CT molecular complexity index is 737. The van der Waals surface area contributed by atoms with Crippen LogP contribution in [0.2, 0.25) is 0 Å². The van der Waals surface area contributed by atoms with Gasteiger partial charge in [0.2, 0.25) is 0 Å². The molecule has 2 aromatic heterocycles. The smallest absolute Gasteiger partial charge is 0.342 e. The van der Waals surface area contributed by atoms with Crippen molar-refractivity contribution in [1.82, 2.24) is 10.1 Å². The Morgan fingerprint density at radius 3 is 2.88 bits per heavy atom. The first-order chi connectivity index (χ1) is 11.6. The summed E-state index contributed by atoms with van der Waals surface area (Å²) in [5, 5.41) is 6.14. The molecule has 1 fully saturated rings. The summed E-state index contributed by atoms with van der Waals surface area (Å²) in [5.74, 6) is 0.410. The van der Waals surface area contributed by atoms with Crippen molar-refractivity contribution in [1.29, 1.82) is 0 Å². The van der Waals surface area contributed by atoms with Crippen LogP contribution in [-0.2, 0) is 9.53 Å². The van der Waals surface area contributed by atoms with Gasteiger partial charge < -0.3 is 19.5 Å². The summed E-state index contributed by atoms with van der Waals surface area (Å²) in [7, 11) is 0. The van der Waals surface area contributed by atoms with Crippen LogP contribution in [0.25, 0.3) is 0 Å². The lowest BCUT2D eigenvalue weighted by molar-refractivity contribution is -0.119. The Balaban J connectivity index is 1.60. The molecule has 1 N–H and O–H groups in total. The number of nitrogens with zero attached hydrogens (tertiary/aromatic N) is 3. The molecule has 8 nitrogen and oxygen atoms in total. The van der Waals surface area contributed by atoms with Gasteiger partial charge in [-0.05, 0) is 31.9 Å². The van der Waals surface area contributed by atoms with Gasteiger partial charge in [0, 0.05) is 25.4 Å². The van der Waals surface area contributed by atoms with Crippen LogP contribution in [0.1, 0.15) is 29.0 Å². The van der Waals surface area contributed by atoms with Gasteiger partial charge >= 0.3 is 5.97 Å². The monoisotopic (exact) mass is 330 g/mol. The van der Waals surface area contributed by atoms with Gasteiger partial charge in [-0.2, -0.15) is 0 Å². The Hall–Kier alpha value is -2.90. The first-order valence-electron chi connectivity index (χ1n) is 7.74. The van der Waals surface area contributed by atoms with Gasteiger partial charge in [-0.25, -0.2) is 9.78 Å². The van der Waals surface area contributed by atoms with Crippen molar-refractivity contribution in [2.75, 3.05) is 29.9 Å². The number of rotatable bonds is 5. The first kappa shape index (κ1) is 16.0. The van der Waals surface area contributed by atoms with Gasteiger partial charge in [0.15, 0.2) is 12.4 Å². The van der Waals surface area contributed by atoms with E-state index in [9.17, 15) is 9.59 Å². The van der Waals surface area contributed by atoms with Crippen LogP contribution in [-0.4, -0.2) is 41.7 Å². The van der Waals surface area contributed by atoms with E-state index in [4.69, 9.17) is 9.26 Å². The molecule has 0 spiro atoms. The van der Waals surface area contributed by atoms with Gasteiger partial charge in [0.25, 0.3) is 5.91 Å². The van der Waals surface area contributed by atoms with E-state index in [2.05, 4.69) is 20.4 Å². The largest absolute Gasteiger partial charge is 0.452 e. The van der Waals surface area contributed by atoms with Crippen molar-refractivity contribution in [2.24, 2.45) is 0 Å². The summed E-state index contributed by atoms with van der Waals surface area (Å²) in [5.41, 5.74) is 0.365. The highest BCUT2D eigenvalue weighted by Gasteiger charge is 2.22. The molecule has 3 rings (SSSR count). The molecule has 126 valence electrons. The third kappa shape index (κ3) is 3.70. The second kappa shape index (κ2) is 7.12. The van der Waals surface area contributed by atoms with Crippen LogP contribution in [0.5, 0.6) is 0 Å². The van der Waals surface area contributed by atoms with Crippen molar-refractivity contribution >= 4 is 23.5 Å². The number of esters is 1. The maximum absolute atomic E-state index is 12.3. The molecule has 0 saturated carbocycles. The molecule has 0 unspecified atom stereocenters. The second-order valence-corrected chi connectivity index (χ2v) is 5.52. The van der Waals surface area contributed by atoms with Crippen LogP contribution >= 0.6 is 0 Å². The maximum atomic E-state index is 12.3. The average Bonchev–Trinajstić information content (AvgIpc) is 3.24. The number of pyridine rings is 1. The van der Waals surface area contributed by atoms with E-state index < -0.39 is 18.5 Å². The minimum absolute atomic E-state index is 0.285. The van der Waals surface area contributed by atoms with Gasteiger partial charge in [-0.1, -0.05) is 5.16 Å². The Morgan fingerprint density at radius 1 is 1.38 bits per heavy atom. The molecule has 1 aliphatic rings. The summed E-state index contributed by atoms with van der Waals surface area (Å²) in [6.45, 7) is 3.04. The van der Waals surface area contributed by atoms with Crippen molar-refractivity contribution in [2.45, 2.75) is 19.8 Å². The van der Waals surface area contributed by atoms with E-state index in [0.717, 1.165) is 25.9 Å². The molecular formula is C16H18N4O4. The van der Waals surface area contributed by atoms with Crippen LogP contribution in [0.3, 0.4) is 0 Å². The number of nitrogens with one attached hydrogen (secondary N) is 1. The Labute approximate surface area is 138 Å². The highest BCUT2D eigenvalue weighted by molar-refractivity contribution is 5.97. The molecule has 2 aromatic rings. The topological polar surface area (TPSA) is 97.6 Å². The number of ether oxygens (including phenoxy) is 1. The SMILES string of the molecule is Cc1cc(NC(=O)COC(=O)c2cccnc2N2CCCC2)no1.